The van der Waals surface area contributed by atoms with Crippen LogP contribution in [0.3, 0.4) is 0 Å². The maximum Gasteiger partial charge on any atom is 0.261 e. The summed E-state index contributed by atoms with van der Waals surface area (Å²) in [6.07, 6.45) is 8.99. The number of fused-ring (bicyclic) bond motifs is 2. The van der Waals surface area contributed by atoms with Crippen LogP contribution in [-0.2, 0) is 4.79 Å². The lowest BCUT2D eigenvalue weighted by molar-refractivity contribution is -0.137. The number of hydrogen-bond acceptors (Lipinski definition) is 6. The summed E-state index contributed by atoms with van der Waals surface area (Å²) in [5.74, 6) is 0.875. The molecule has 38 heavy (non-hydrogen) atoms. The number of carbonyl (C=O) groups is 3. The third-order valence-electron chi connectivity index (χ3n) is 7.64. The second kappa shape index (κ2) is 11.2. The van der Waals surface area contributed by atoms with E-state index in [1.807, 2.05) is 18.2 Å². The first kappa shape index (κ1) is 25.7. The molecule has 0 fully saturated rings. The number of methoxy groups -OCH3 is 2. The van der Waals surface area contributed by atoms with Gasteiger partial charge in [-0.25, -0.2) is 5.01 Å². The van der Waals surface area contributed by atoms with Gasteiger partial charge in [-0.15, -0.1) is 0 Å². The summed E-state index contributed by atoms with van der Waals surface area (Å²) in [4.78, 5) is 39.7. The number of ether oxygens (including phenoxy) is 2. The van der Waals surface area contributed by atoms with Gasteiger partial charge in [-0.2, -0.15) is 5.10 Å². The van der Waals surface area contributed by atoms with Crippen molar-refractivity contribution in [2.75, 3.05) is 27.3 Å². The Morgan fingerprint density at radius 2 is 1.42 bits per heavy atom. The average molecular weight is 516 g/mol. The van der Waals surface area contributed by atoms with Gasteiger partial charge >= 0.3 is 0 Å². The molecule has 2 aromatic carbocycles. The van der Waals surface area contributed by atoms with E-state index in [-0.39, 0.29) is 29.6 Å². The Kier molecular flexibility index (Phi) is 7.58. The van der Waals surface area contributed by atoms with Gasteiger partial charge in [0.15, 0.2) is 11.5 Å². The van der Waals surface area contributed by atoms with Gasteiger partial charge < -0.3 is 9.47 Å². The van der Waals surface area contributed by atoms with Gasteiger partial charge in [0.05, 0.1) is 37.0 Å². The van der Waals surface area contributed by atoms with Crippen molar-refractivity contribution in [3.8, 4) is 11.5 Å². The molecular formula is C30H33N3O5. The molecule has 2 aliphatic heterocycles. The van der Waals surface area contributed by atoms with E-state index in [1.165, 1.54) is 4.90 Å². The summed E-state index contributed by atoms with van der Waals surface area (Å²) >= 11 is 0. The molecule has 5 rings (SSSR count). The molecule has 2 atom stereocenters. The second-order valence-electron chi connectivity index (χ2n) is 9.89. The first-order valence-electron chi connectivity index (χ1n) is 13.3. The monoisotopic (exact) mass is 515 g/mol. The van der Waals surface area contributed by atoms with Crippen molar-refractivity contribution < 1.29 is 23.9 Å². The van der Waals surface area contributed by atoms with E-state index in [9.17, 15) is 14.4 Å². The summed E-state index contributed by atoms with van der Waals surface area (Å²) in [5, 5.41) is 6.48. The number of hydrazone groups is 1. The summed E-state index contributed by atoms with van der Waals surface area (Å²) in [5.41, 5.74) is 2.82. The van der Waals surface area contributed by atoms with Crippen molar-refractivity contribution in [1.29, 1.82) is 0 Å². The molecule has 0 saturated carbocycles. The van der Waals surface area contributed by atoms with Crippen LogP contribution in [0.25, 0.3) is 0 Å². The Hall–Kier alpha value is -3.94. The smallest absolute Gasteiger partial charge is 0.261 e. The van der Waals surface area contributed by atoms with E-state index in [2.05, 4.69) is 12.2 Å². The number of carbonyl (C=O) groups excluding carboxylic acids is 3. The van der Waals surface area contributed by atoms with Crippen LogP contribution >= 0.6 is 0 Å². The Labute approximate surface area is 222 Å². The Bertz CT molecular complexity index is 1270. The van der Waals surface area contributed by atoms with Crippen LogP contribution in [0.15, 0.2) is 59.7 Å². The highest BCUT2D eigenvalue weighted by Gasteiger charge is 2.40. The Balaban J connectivity index is 1.19. The fourth-order valence-electron chi connectivity index (χ4n) is 5.59. The molecule has 0 radical (unpaired) electrons. The number of hydrogen-bond donors (Lipinski definition) is 0. The molecule has 8 heteroatoms. The largest absolute Gasteiger partial charge is 0.493 e. The molecule has 0 N–H and O–H groups in total. The van der Waals surface area contributed by atoms with Crippen molar-refractivity contribution in [2.24, 2.45) is 16.9 Å². The predicted molar refractivity (Wildman–Crippen MR) is 143 cm³/mol. The SMILES string of the molecule is COc1ccc(C2=NN(CCCCCCN3C(=O)c4ccccc4C3=O)C(=O)C3CC=CCC23)cc1OC. The van der Waals surface area contributed by atoms with Crippen LogP contribution in [-0.4, -0.2) is 60.7 Å². The van der Waals surface area contributed by atoms with E-state index < -0.39 is 0 Å². The zero-order valence-electron chi connectivity index (χ0n) is 21.9. The maximum atomic E-state index is 13.3. The molecule has 0 bridgehead atoms. The summed E-state index contributed by atoms with van der Waals surface area (Å²) < 4.78 is 10.9. The molecule has 198 valence electrons. The minimum absolute atomic E-state index is 0.0431. The Morgan fingerprint density at radius 3 is 2.08 bits per heavy atom. The van der Waals surface area contributed by atoms with Gasteiger partial charge in [0.1, 0.15) is 0 Å². The van der Waals surface area contributed by atoms with Crippen molar-refractivity contribution in [3.05, 3.63) is 71.3 Å². The van der Waals surface area contributed by atoms with Crippen LogP contribution in [0.5, 0.6) is 11.5 Å². The third kappa shape index (κ3) is 4.83. The number of benzene rings is 2. The highest BCUT2D eigenvalue weighted by atomic mass is 16.5. The fraction of sp³-hybridized carbons (Fsp3) is 0.400. The van der Waals surface area contributed by atoms with E-state index in [0.717, 1.165) is 43.4 Å². The second-order valence-corrected chi connectivity index (χ2v) is 9.89. The highest BCUT2D eigenvalue weighted by molar-refractivity contribution is 6.21. The number of amides is 3. The van der Waals surface area contributed by atoms with Crippen LogP contribution in [0.1, 0.15) is 64.8 Å². The summed E-state index contributed by atoms with van der Waals surface area (Å²) in [6, 6.07) is 12.7. The molecule has 0 saturated heterocycles. The standard InChI is InChI=1S/C30H33N3O5/c1-37-25-16-15-20(19-26(25)38-2)27-21-11-5-6-12-22(21)30(36)33(31-27)18-10-4-3-9-17-32-28(34)23-13-7-8-14-24(23)29(32)35/h5-8,13-16,19,21-22H,3-4,9-12,17-18H2,1-2H3. The molecule has 3 amide bonds. The predicted octanol–water partition coefficient (Wildman–Crippen LogP) is 4.69. The molecule has 0 spiro atoms. The molecule has 8 nitrogen and oxygen atoms in total. The minimum Gasteiger partial charge on any atom is -0.493 e. The normalized spacial score (nSPS) is 20.4. The molecular weight excluding hydrogens is 482 g/mol. The van der Waals surface area contributed by atoms with E-state index >= 15 is 0 Å². The van der Waals surface area contributed by atoms with E-state index in [0.29, 0.717) is 42.1 Å². The van der Waals surface area contributed by atoms with Gasteiger partial charge in [0.25, 0.3) is 11.8 Å². The van der Waals surface area contributed by atoms with Gasteiger partial charge in [0, 0.05) is 24.6 Å². The van der Waals surface area contributed by atoms with Crippen LogP contribution in [0.2, 0.25) is 0 Å². The molecule has 0 aromatic heterocycles. The quantitative estimate of drug-likeness (QED) is 0.260. The number of nitrogens with zero attached hydrogens (tertiary/aromatic N) is 3. The summed E-state index contributed by atoms with van der Waals surface area (Å²) in [6.45, 7) is 0.947. The van der Waals surface area contributed by atoms with Gasteiger partial charge in [-0.1, -0.05) is 37.1 Å². The number of rotatable bonds is 10. The first-order chi connectivity index (χ1) is 18.5. The van der Waals surface area contributed by atoms with Crippen molar-refractivity contribution >= 4 is 23.4 Å². The zero-order valence-corrected chi connectivity index (χ0v) is 21.9. The van der Waals surface area contributed by atoms with Crippen LogP contribution in [0, 0.1) is 11.8 Å². The van der Waals surface area contributed by atoms with Gasteiger partial charge in [0.2, 0.25) is 5.91 Å². The highest BCUT2D eigenvalue weighted by Crippen LogP contribution is 2.37. The van der Waals surface area contributed by atoms with Crippen LogP contribution < -0.4 is 9.47 Å². The topological polar surface area (TPSA) is 88.5 Å². The fourth-order valence-corrected chi connectivity index (χ4v) is 5.59. The maximum absolute atomic E-state index is 13.3. The van der Waals surface area contributed by atoms with Gasteiger partial charge in [-0.05, 0) is 56.0 Å². The lowest BCUT2D eigenvalue weighted by Crippen LogP contribution is -2.45. The lowest BCUT2D eigenvalue weighted by atomic mass is 9.76. The molecule has 2 aromatic rings. The number of unbranched alkanes of at least 4 members (excludes halogenated alkanes) is 3. The molecule has 2 unspecified atom stereocenters. The molecule has 1 aliphatic carbocycles. The average Bonchev–Trinajstić information content (AvgIpc) is 3.20. The minimum atomic E-state index is -0.211. The van der Waals surface area contributed by atoms with Crippen molar-refractivity contribution in [2.45, 2.75) is 38.5 Å². The van der Waals surface area contributed by atoms with E-state index in [4.69, 9.17) is 14.6 Å². The van der Waals surface area contributed by atoms with Gasteiger partial charge in [-0.3, -0.25) is 19.3 Å². The zero-order chi connectivity index (χ0) is 26.6. The number of allylic oxidation sites excluding steroid dienone is 2. The molecule has 2 heterocycles. The lowest BCUT2D eigenvalue weighted by Gasteiger charge is -2.37. The first-order valence-corrected chi connectivity index (χ1v) is 13.3. The Morgan fingerprint density at radius 1 is 0.789 bits per heavy atom. The molecule has 3 aliphatic rings. The van der Waals surface area contributed by atoms with Crippen LogP contribution in [0.4, 0.5) is 0 Å². The van der Waals surface area contributed by atoms with Crippen molar-refractivity contribution in [1.82, 2.24) is 9.91 Å². The summed E-state index contributed by atoms with van der Waals surface area (Å²) in [7, 11) is 3.22. The van der Waals surface area contributed by atoms with E-state index in [1.54, 1.807) is 43.5 Å². The van der Waals surface area contributed by atoms with Crippen molar-refractivity contribution in [3.63, 3.8) is 0 Å². The number of imide groups is 1. The third-order valence-corrected chi connectivity index (χ3v) is 7.64.